The van der Waals surface area contributed by atoms with E-state index in [0.29, 0.717) is 0 Å². The summed E-state index contributed by atoms with van der Waals surface area (Å²) in [5, 5.41) is 14.8. The van der Waals surface area contributed by atoms with Crippen LogP contribution in [0, 0.1) is 0 Å². The molecule has 0 spiro atoms. The molecule has 10 heavy (non-hydrogen) atoms. The van der Waals surface area contributed by atoms with Gasteiger partial charge in [-0.25, -0.2) is 0 Å². The molecule has 4 nitrogen and oxygen atoms in total. The Hall–Kier alpha value is 2.12. The zero-order valence-corrected chi connectivity index (χ0v) is 12.9. The number of nitrogens with zero attached hydrogens (tertiary/aromatic N) is 4. The van der Waals surface area contributed by atoms with E-state index < -0.39 is 0 Å². The molecule has 1 rings (SSSR count). The quantitative estimate of drug-likeness (QED) is 0.235. The first-order valence-corrected chi connectivity index (χ1v) is 6.37. The summed E-state index contributed by atoms with van der Waals surface area (Å²) >= 11 is 8.76. The molecule has 0 fully saturated rings. The molecule has 56 valence electrons. The molecule has 0 aromatic rings. The predicted molar refractivity (Wildman–Crippen MR) is 71.3 cm³/mol. The molecule has 1 heterocycles. The van der Waals surface area contributed by atoms with Crippen LogP contribution in [0.4, 0.5) is 0 Å². The smallest absolute Gasteiger partial charge is 0.135 e. The van der Waals surface area contributed by atoms with Crippen molar-refractivity contribution >= 4 is 90.4 Å². The van der Waals surface area contributed by atoms with Gasteiger partial charge in [-0.05, 0) is 101 Å². The highest BCUT2D eigenvalue weighted by Gasteiger charge is 2.47. The van der Waals surface area contributed by atoms with E-state index in [-0.39, 0.29) is 3.10 Å². The fraction of sp³-hybridized carbons (Fsp3) is 1.00. The third-order valence-corrected chi connectivity index (χ3v) is 8.86. The molecule has 0 aromatic heterocycles. The minimum absolute atomic E-state index is 0.314. The number of rotatable bonds is 0. The predicted octanol–water partition coefficient (Wildman–Crippen LogP) is 3.87. The SMILES string of the molecule is IC1(I)N=NN=NC1(I)I. The van der Waals surface area contributed by atoms with Crippen molar-refractivity contribution in [2.24, 2.45) is 20.7 Å². The van der Waals surface area contributed by atoms with Gasteiger partial charge in [-0.1, -0.05) is 0 Å². The molecule has 0 amide bonds. The van der Waals surface area contributed by atoms with Crippen molar-refractivity contribution in [1.29, 1.82) is 0 Å². The van der Waals surface area contributed by atoms with Crippen molar-refractivity contribution in [2.45, 2.75) is 3.10 Å². The van der Waals surface area contributed by atoms with Crippen molar-refractivity contribution < 1.29 is 0 Å². The second-order valence-electron chi connectivity index (χ2n) is 1.46. The van der Waals surface area contributed by atoms with Gasteiger partial charge in [-0.2, -0.15) is 0 Å². The van der Waals surface area contributed by atoms with Crippen molar-refractivity contribution in [1.82, 2.24) is 0 Å². The topological polar surface area (TPSA) is 49.4 Å². The van der Waals surface area contributed by atoms with E-state index in [2.05, 4.69) is 111 Å². The number of alkyl halides is 4. The maximum Gasteiger partial charge on any atom is 0.229 e. The van der Waals surface area contributed by atoms with Crippen LogP contribution in [0.2, 0.25) is 0 Å². The molecule has 0 radical (unpaired) electrons. The molecular formula is C2I4N4. The van der Waals surface area contributed by atoms with E-state index in [0.717, 1.165) is 0 Å². The summed E-state index contributed by atoms with van der Waals surface area (Å²) < 4.78 is -0.628. The van der Waals surface area contributed by atoms with Gasteiger partial charge in [0.1, 0.15) is 0 Å². The molecule has 0 aliphatic carbocycles. The van der Waals surface area contributed by atoms with Crippen molar-refractivity contribution in [2.75, 3.05) is 0 Å². The molecule has 1 aliphatic heterocycles. The lowest BCUT2D eigenvalue weighted by atomic mass is 10.7. The minimum atomic E-state index is -0.314. The van der Waals surface area contributed by atoms with Gasteiger partial charge < -0.3 is 0 Å². The fourth-order valence-corrected chi connectivity index (χ4v) is 1.09. The van der Waals surface area contributed by atoms with Gasteiger partial charge in [-0.3, -0.25) is 0 Å². The molecule has 0 saturated carbocycles. The van der Waals surface area contributed by atoms with Crippen LogP contribution in [0.15, 0.2) is 20.7 Å². The first kappa shape index (κ1) is 10.2. The van der Waals surface area contributed by atoms with E-state index in [9.17, 15) is 0 Å². The van der Waals surface area contributed by atoms with E-state index >= 15 is 0 Å². The summed E-state index contributed by atoms with van der Waals surface area (Å²) in [5.74, 6) is 0. The van der Waals surface area contributed by atoms with Gasteiger partial charge in [0.2, 0.25) is 3.10 Å². The summed E-state index contributed by atoms with van der Waals surface area (Å²) in [5.41, 5.74) is 0. The van der Waals surface area contributed by atoms with Crippen LogP contribution in [0.25, 0.3) is 0 Å². The molecule has 0 bridgehead atoms. The van der Waals surface area contributed by atoms with Gasteiger partial charge in [-0.15, -0.1) is 10.2 Å². The molecule has 0 aromatic carbocycles. The van der Waals surface area contributed by atoms with Crippen LogP contribution >= 0.6 is 90.4 Å². The zero-order chi connectivity index (χ0) is 7.83. The van der Waals surface area contributed by atoms with Crippen LogP contribution < -0.4 is 0 Å². The first-order chi connectivity index (χ1) is 4.46. The Morgan fingerprint density at radius 1 is 0.700 bits per heavy atom. The second-order valence-corrected chi connectivity index (χ2v) is 11.8. The monoisotopic (exact) mass is 588 g/mol. The van der Waals surface area contributed by atoms with Gasteiger partial charge >= 0.3 is 0 Å². The lowest BCUT2D eigenvalue weighted by Gasteiger charge is -2.25. The van der Waals surface area contributed by atoms with Crippen molar-refractivity contribution in [3.05, 3.63) is 0 Å². The maximum atomic E-state index is 3.94. The molecule has 1 aliphatic rings. The zero-order valence-electron chi connectivity index (χ0n) is 4.30. The van der Waals surface area contributed by atoms with Crippen LogP contribution in [0.3, 0.4) is 0 Å². The van der Waals surface area contributed by atoms with Gasteiger partial charge in [0.15, 0.2) is 0 Å². The summed E-state index contributed by atoms with van der Waals surface area (Å²) in [4.78, 5) is 0. The maximum absolute atomic E-state index is 3.94. The number of halogens is 4. The Balaban J connectivity index is 2.96. The summed E-state index contributed by atoms with van der Waals surface area (Å²) in [6.07, 6.45) is 0. The average Bonchev–Trinajstić information content (AvgIpc) is 1.77. The van der Waals surface area contributed by atoms with Crippen molar-refractivity contribution in [3.63, 3.8) is 0 Å². The minimum Gasteiger partial charge on any atom is -0.135 e. The van der Waals surface area contributed by atoms with Crippen LogP contribution in [-0.2, 0) is 0 Å². The highest BCUT2D eigenvalue weighted by Crippen LogP contribution is 2.53. The summed E-state index contributed by atoms with van der Waals surface area (Å²) in [6, 6.07) is 0. The van der Waals surface area contributed by atoms with Gasteiger partial charge in [0, 0.05) is 0 Å². The normalized spacial score (nSPS) is 26.8. The van der Waals surface area contributed by atoms with Crippen LogP contribution in [0.1, 0.15) is 0 Å². The van der Waals surface area contributed by atoms with Crippen LogP contribution in [0.5, 0.6) is 0 Å². The summed E-state index contributed by atoms with van der Waals surface area (Å²) in [7, 11) is 0. The van der Waals surface area contributed by atoms with E-state index in [1.165, 1.54) is 0 Å². The average molecular weight is 588 g/mol. The Morgan fingerprint density at radius 3 is 1.20 bits per heavy atom. The standard InChI is InChI=1S/C2I4N4/c3-1(4)2(5,6)8-10-9-7-1. The Labute approximate surface area is 112 Å². The lowest BCUT2D eigenvalue weighted by Crippen LogP contribution is -2.30. The van der Waals surface area contributed by atoms with Crippen LogP contribution in [-0.4, -0.2) is 3.10 Å². The van der Waals surface area contributed by atoms with E-state index in [1.54, 1.807) is 0 Å². The van der Waals surface area contributed by atoms with E-state index in [4.69, 9.17) is 0 Å². The Morgan fingerprint density at radius 2 is 1.00 bits per heavy atom. The molecular weight excluding hydrogens is 588 g/mol. The van der Waals surface area contributed by atoms with E-state index in [1.807, 2.05) is 0 Å². The molecule has 8 heteroatoms. The number of hydrogen-bond acceptors (Lipinski definition) is 4. The fourth-order valence-electron chi connectivity index (χ4n) is 0.273. The highest BCUT2D eigenvalue weighted by molar-refractivity contribution is 14.2. The molecule has 0 saturated heterocycles. The highest BCUT2D eigenvalue weighted by atomic mass is 127. The molecule has 0 N–H and O–H groups in total. The molecule has 0 atom stereocenters. The first-order valence-electron chi connectivity index (χ1n) is 2.05. The lowest BCUT2D eigenvalue weighted by molar-refractivity contribution is 0.671. The van der Waals surface area contributed by atoms with Gasteiger partial charge in [0.25, 0.3) is 0 Å². The Kier molecular flexibility index (Phi) is 3.54. The van der Waals surface area contributed by atoms with Gasteiger partial charge in [0.05, 0.1) is 0 Å². The molecule has 0 unspecified atom stereocenters. The summed E-state index contributed by atoms with van der Waals surface area (Å²) in [6.45, 7) is 0. The number of hydrogen-bond donors (Lipinski definition) is 0. The second kappa shape index (κ2) is 3.47. The third kappa shape index (κ3) is 2.08. The Bertz CT molecular complexity index is 173. The van der Waals surface area contributed by atoms with Crippen molar-refractivity contribution in [3.8, 4) is 0 Å². The third-order valence-electron chi connectivity index (χ3n) is 0.743. The largest absolute Gasteiger partial charge is 0.229 e.